The van der Waals surface area contributed by atoms with Crippen LogP contribution >= 0.6 is 0 Å². The molecule has 0 radical (unpaired) electrons. The molecule has 0 unspecified atom stereocenters. The van der Waals surface area contributed by atoms with E-state index in [9.17, 15) is 0 Å². The highest BCUT2D eigenvalue weighted by Crippen LogP contribution is 2.38. The van der Waals surface area contributed by atoms with Crippen LogP contribution in [-0.2, 0) is 10.8 Å². The van der Waals surface area contributed by atoms with Crippen molar-refractivity contribution in [2.45, 2.75) is 65.2 Å². The quantitative estimate of drug-likeness (QED) is 0.406. The highest BCUT2D eigenvalue weighted by molar-refractivity contribution is 5.77. The third kappa shape index (κ3) is 4.53. The molecule has 0 bridgehead atoms. The summed E-state index contributed by atoms with van der Waals surface area (Å²) < 4.78 is 0. The van der Waals surface area contributed by atoms with Gasteiger partial charge in [0.2, 0.25) is 0 Å². The Hall–Kier alpha value is -2.74. The average molecular weight is 401 g/mol. The molecule has 30 heavy (non-hydrogen) atoms. The van der Waals surface area contributed by atoms with Gasteiger partial charge in [-0.15, -0.1) is 0 Å². The van der Waals surface area contributed by atoms with Gasteiger partial charge in [-0.25, -0.2) is 0 Å². The van der Waals surface area contributed by atoms with E-state index >= 15 is 0 Å². The van der Waals surface area contributed by atoms with Crippen LogP contribution in [0.25, 0.3) is 0 Å². The summed E-state index contributed by atoms with van der Waals surface area (Å²) in [5.41, 5.74) is 13.2. The van der Waals surface area contributed by atoms with Crippen molar-refractivity contribution in [3.63, 3.8) is 0 Å². The number of hydrogen-bond donors (Lipinski definition) is 1. The molecule has 0 spiro atoms. The van der Waals surface area contributed by atoms with Crippen molar-refractivity contribution in [1.82, 2.24) is 0 Å². The highest BCUT2D eigenvalue weighted by atomic mass is 15.1. The summed E-state index contributed by atoms with van der Waals surface area (Å²) in [7, 11) is 0. The van der Waals surface area contributed by atoms with Gasteiger partial charge in [-0.1, -0.05) is 65.8 Å². The minimum Gasteiger partial charge on any atom is -0.399 e. The summed E-state index contributed by atoms with van der Waals surface area (Å²) in [5.74, 6) is 0. The first-order chi connectivity index (χ1) is 14.2. The number of nitrogen functional groups attached to an aromatic ring is 1. The van der Waals surface area contributed by atoms with Crippen molar-refractivity contribution >= 4 is 22.7 Å². The Bertz CT molecular complexity index is 890. The predicted molar refractivity (Wildman–Crippen MR) is 132 cm³/mol. The van der Waals surface area contributed by atoms with E-state index in [1.807, 2.05) is 12.1 Å². The predicted octanol–water partition coefficient (Wildman–Crippen LogP) is 8.11. The van der Waals surface area contributed by atoms with E-state index in [1.165, 1.54) is 11.1 Å². The Labute approximate surface area is 182 Å². The zero-order valence-corrected chi connectivity index (χ0v) is 19.4. The fourth-order valence-corrected chi connectivity index (χ4v) is 3.60. The number of nitrogens with two attached hydrogens (primary N) is 1. The summed E-state index contributed by atoms with van der Waals surface area (Å²) in [6, 6.07) is 26.1. The summed E-state index contributed by atoms with van der Waals surface area (Å²) in [4.78, 5) is 2.30. The molecule has 2 nitrogen and oxygen atoms in total. The van der Waals surface area contributed by atoms with Gasteiger partial charge < -0.3 is 10.6 Å². The van der Waals surface area contributed by atoms with Crippen LogP contribution < -0.4 is 10.6 Å². The number of hydrogen-bond acceptors (Lipinski definition) is 2. The van der Waals surface area contributed by atoms with Crippen LogP contribution in [0.2, 0.25) is 0 Å². The molecule has 0 aliphatic rings. The van der Waals surface area contributed by atoms with Crippen molar-refractivity contribution in [2.24, 2.45) is 0 Å². The maximum Gasteiger partial charge on any atom is 0.0463 e. The Morgan fingerprint density at radius 2 is 0.867 bits per heavy atom. The maximum atomic E-state index is 5.95. The monoisotopic (exact) mass is 400 g/mol. The fourth-order valence-electron chi connectivity index (χ4n) is 3.60. The van der Waals surface area contributed by atoms with Gasteiger partial charge in [0.25, 0.3) is 0 Å². The van der Waals surface area contributed by atoms with Gasteiger partial charge in [0.1, 0.15) is 0 Å². The van der Waals surface area contributed by atoms with E-state index < -0.39 is 0 Å². The number of benzene rings is 3. The number of rotatable bonds is 7. The van der Waals surface area contributed by atoms with Crippen LogP contribution in [0.15, 0.2) is 72.8 Å². The van der Waals surface area contributed by atoms with Gasteiger partial charge >= 0.3 is 0 Å². The molecule has 0 aliphatic heterocycles. The van der Waals surface area contributed by atoms with Crippen molar-refractivity contribution in [2.75, 3.05) is 10.6 Å². The van der Waals surface area contributed by atoms with Gasteiger partial charge in [0.15, 0.2) is 0 Å². The van der Waals surface area contributed by atoms with E-state index in [0.717, 1.165) is 35.6 Å². The van der Waals surface area contributed by atoms with E-state index in [1.54, 1.807) is 0 Å². The molecule has 0 aromatic heterocycles. The van der Waals surface area contributed by atoms with Crippen LogP contribution in [0.5, 0.6) is 0 Å². The van der Waals surface area contributed by atoms with Crippen molar-refractivity contribution in [3.8, 4) is 0 Å². The lowest BCUT2D eigenvalue weighted by atomic mass is 9.82. The molecule has 0 amide bonds. The molecule has 3 aromatic rings. The maximum absolute atomic E-state index is 5.95. The lowest BCUT2D eigenvalue weighted by Gasteiger charge is -2.29. The van der Waals surface area contributed by atoms with E-state index in [0.29, 0.717) is 0 Å². The van der Waals surface area contributed by atoms with Gasteiger partial charge in [0.05, 0.1) is 0 Å². The topological polar surface area (TPSA) is 29.3 Å². The average Bonchev–Trinajstić information content (AvgIpc) is 2.76. The third-order valence-electron chi connectivity index (χ3n) is 6.73. The van der Waals surface area contributed by atoms with Gasteiger partial charge in [0, 0.05) is 22.7 Å². The lowest BCUT2D eigenvalue weighted by Crippen LogP contribution is -2.17. The summed E-state index contributed by atoms with van der Waals surface area (Å²) >= 11 is 0. The standard InChI is InChI=1S/C28H36N2/c1-7-27(3,4)21-9-15-24(16-10-21)30(26-19-13-23(29)14-20-26)25-17-11-22(12-18-25)28(5,6)8-2/h9-20H,7-8,29H2,1-6H3. The van der Waals surface area contributed by atoms with Crippen LogP contribution in [0.4, 0.5) is 22.7 Å². The summed E-state index contributed by atoms with van der Waals surface area (Å²) in [6.45, 7) is 13.7. The van der Waals surface area contributed by atoms with Crippen LogP contribution in [0.3, 0.4) is 0 Å². The second-order valence-electron chi connectivity index (χ2n) is 9.50. The van der Waals surface area contributed by atoms with E-state index in [4.69, 9.17) is 5.73 Å². The van der Waals surface area contributed by atoms with Gasteiger partial charge in [-0.05, 0) is 83.3 Å². The molecule has 0 saturated heterocycles. The molecule has 0 atom stereocenters. The van der Waals surface area contributed by atoms with Crippen LogP contribution in [0, 0.1) is 0 Å². The lowest BCUT2D eigenvalue weighted by molar-refractivity contribution is 0.506. The summed E-state index contributed by atoms with van der Waals surface area (Å²) in [6.07, 6.45) is 2.23. The first kappa shape index (κ1) is 22.0. The number of nitrogens with zero attached hydrogens (tertiary/aromatic N) is 1. The van der Waals surface area contributed by atoms with E-state index in [2.05, 4.69) is 107 Å². The number of anilines is 4. The molecular weight excluding hydrogens is 364 g/mol. The zero-order valence-electron chi connectivity index (χ0n) is 19.4. The zero-order chi connectivity index (χ0) is 21.9. The summed E-state index contributed by atoms with van der Waals surface area (Å²) in [5, 5.41) is 0. The fraction of sp³-hybridized carbons (Fsp3) is 0.357. The highest BCUT2D eigenvalue weighted by Gasteiger charge is 2.21. The van der Waals surface area contributed by atoms with Crippen molar-refractivity contribution in [1.29, 1.82) is 0 Å². The molecule has 0 saturated carbocycles. The largest absolute Gasteiger partial charge is 0.399 e. The Balaban J connectivity index is 2.05. The van der Waals surface area contributed by atoms with Crippen LogP contribution in [-0.4, -0.2) is 0 Å². The third-order valence-corrected chi connectivity index (χ3v) is 6.73. The Morgan fingerprint density at radius 1 is 0.567 bits per heavy atom. The second-order valence-corrected chi connectivity index (χ2v) is 9.50. The van der Waals surface area contributed by atoms with Crippen molar-refractivity contribution in [3.05, 3.63) is 83.9 Å². The molecular formula is C28H36N2. The van der Waals surface area contributed by atoms with E-state index in [-0.39, 0.29) is 10.8 Å². The van der Waals surface area contributed by atoms with Crippen molar-refractivity contribution < 1.29 is 0 Å². The molecule has 0 fully saturated rings. The van der Waals surface area contributed by atoms with Crippen LogP contribution in [0.1, 0.15) is 65.5 Å². The molecule has 3 rings (SSSR count). The second kappa shape index (κ2) is 8.55. The SMILES string of the molecule is CCC(C)(C)c1ccc(N(c2ccc(N)cc2)c2ccc(C(C)(C)CC)cc2)cc1. The molecule has 158 valence electrons. The molecule has 3 aromatic carbocycles. The minimum absolute atomic E-state index is 0.179. The molecule has 0 heterocycles. The minimum atomic E-state index is 0.179. The Morgan fingerprint density at radius 3 is 1.17 bits per heavy atom. The first-order valence-electron chi connectivity index (χ1n) is 11.0. The van der Waals surface area contributed by atoms with Gasteiger partial charge in [-0.3, -0.25) is 0 Å². The first-order valence-corrected chi connectivity index (χ1v) is 11.0. The molecule has 2 N–H and O–H groups in total. The van der Waals surface area contributed by atoms with Gasteiger partial charge in [-0.2, -0.15) is 0 Å². The molecule has 0 aliphatic carbocycles. The molecule has 2 heteroatoms. The smallest absolute Gasteiger partial charge is 0.0463 e. The Kier molecular flexibility index (Phi) is 6.26. The normalized spacial score (nSPS) is 12.1.